The van der Waals surface area contributed by atoms with Crippen molar-refractivity contribution in [1.29, 1.82) is 0 Å². The average Bonchev–Trinajstić information content (AvgIpc) is 2.06. The van der Waals surface area contributed by atoms with Gasteiger partial charge in [-0.05, 0) is 6.92 Å². The van der Waals surface area contributed by atoms with E-state index >= 15 is 0 Å². The van der Waals surface area contributed by atoms with Crippen LogP contribution in [0.5, 0.6) is 0 Å². The summed E-state index contributed by atoms with van der Waals surface area (Å²) < 4.78 is 5.52. The van der Waals surface area contributed by atoms with Crippen molar-refractivity contribution >= 4 is 5.78 Å². The number of ketones is 1. The van der Waals surface area contributed by atoms with Crippen molar-refractivity contribution in [3.8, 4) is 0 Å². The van der Waals surface area contributed by atoms with Crippen molar-refractivity contribution in [1.82, 2.24) is 0 Å². The normalized spacial score (nSPS) is 44.5. The first kappa shape index (κ1) is 6.10. The van der Waals surface area contributed by atoms with Gasteiger partial charge in [-0.2, -0.15) is 0 Å². The molecule has 2 rings (SSSR count). The Labute approximate surface area is 59.9 Å². The molecule has 2 nitrogen and oxygen atoms in total. The molecular weight excluding hydrogens is 128 g/mol. The van der Waals surface area contributed by atoms with Crippen LogP contribution in [0.25, 0.3) is 0 Å². The number of ether oxygens (including phenoxy) is 1. The smallest absolute Gasteiger partial charge is 0.139 e. The number of Topliss-reactive ketones (excluding diaryl/α,β-unsaturated/α-hetero) is 1. The van der Waals surface area contributed by atoms with Gasteiger partial charge in [0.05, 0.1) is 11.7 Å². The molecule has 0 unspecified atom stereocenters. The number of rotatable bonds is 0. The van der Waals surface area contributed by atoms with Crippen LogP contribution in [0, 0.1) is 0 Å². The van der Waals surface area contributed by atoms with Crippen molar-refractivity contribution in [2.45, 2.75) is 31.5 Å². The molecule has 0 aromatic carbocycles. The second-order valence-electron chi connectivity index (χ2n) is 3.25. The van der Waals surface area contributed by atoms with Crippen LogP contribution >= 0.6 is 0 Å². The highest BCUT2D eigenvalue weighted by Crippen LogP contribution is 2.33. The van der Waals surface area contributed by atoms with Gasteiger partial charge in [0, 0.05) is 12.8 Å². The Kier molecular flexibility index (Phi) is 1.04. The van der Waals surface area contributed by atoms with Crippen molar-refractivity contribution in [3.63, 3.8) is 0 Å². The van der Waals surface area contributed by atoms with Gasteiger partial charge < -0.3 is 4.74 Å². The Balaban J connectivity index is 2.27. The quantitative estimate of drug-likeness (QED) is 0.468. The predicted molar refractivity (Wildman–Crippen MR) is 36.7 cm³/mol. The van der Waals surface area contributed by atoms with Crippen LogP contribution in [0.1, 0.15) is 19.8 Å². The fourth-order valence-electron chi connectivity index (χ4n) is 1.63. The zero-order valence-electron chi connectivity index (χ0n) is 5.96. The topological polar surface area (TPSA) is 26.3 Å². The minimum Gasteiger partial charge on any atom is -0.363 e. The molecule has 0 amide bonds. The van der Waals surface area contributed by atoms with Crippen LogP contribution in [0.2, 0.25) is 0 Å². The van der Waals surface area contributed by atoms with Gasteiger partial charge in [0.2, 0.25) is 0 Å². The van der Waals surface area contributed by atoms with Gasteiger partial charge in [-0.25, -0.2) is 0 Å². The molecule has 2 heteroatoms. The van der Waals surface area contributed by atoms with Crippen molar-refractivity contribution in [2.24, 2.45) is 0 Å². The molecule has 2 aliphatic heterocycles. The average molecular weight is 138 g/mol. The van der Waals surface area contributed by atoms with Crippen LogP contribution in [0.15, 0.2) is 12.2 Å². The van der Waals surface area contributed by atoms with Gasteiger partial charge in [0.15, 0.2) is 0 Å². The second kappa shape index (κ2) is 1.70. The van der Waals surface area contributed by atoms with Crippen LogP contribution < -0.4 is 0 Å². The molecule has 0 spiro atoms. The summed E-state index contributed by atoms with van der Waals surface area (Å²) in [5.41, 5.74) is -0.264. The lowest BCUT2D eigenvalue weighted by molar-refractivity contribution is -0.135. The van der Waals surface area contributed by atoms with Crippen molar-refractivity contribution in [3.05, 3.63) is 12.2 Å². The van der Waals surface area contributed by atoms with E-state index in [4.69, 9.17) is 4.74 Å². The van der Waals surface area contributed by atoms with Gasteiger partial charge in [0.1, 0.15) is 5.78 Å². The van der Waals surface area contributed by atoms with Crippen LogP contribution in [0.4, 0.5) is 0 Å². The summed E-state index contributed by atoms with van der Waals surface area (Å²) >= 11 is 0. The Hall–Kier alpha value is -0.630. The summed E-state index contributed by atoms with van der Waals surface area (Å²) in [6, 6.07) is 0. The van der Waals surface area contributed by atoms with E-state index in [1.807, 2.05) is 19.1 Å². The van der Waals surface area contributed by atoms with Gasteiger partial charge in [-0.1, -0.05) is 12.2 Å². The molecular formula is C8H10O2. The van der Waals surface area contributed by atoms with E-state index in [1.54, 1.807) is 0 Å². The Morgan fingerprint density at radius 1 is 1.80 bits per heavy atom. The predicted octanol–water partition coefficient (Wildman–Crippen LogP) is 1.06. The molecule has 2 heterocycles. The molecule has 0 aromatic rings. The molecule has 2 aliphatic rings. The Bertz CT molecular complexity index is 207. The lowest BCUT2D eigenvalue weighted by Gasteiger charge is -2.28. The summed E-state index contributed by atoms with van der Waals surface area (Å²) in [6.45, 7) is 1.96. The summed E-state index contributed by atoms with van der Waals surface area (Å²) in [5.74, 6) is 0.323. The number of hydrogen-bond acceptors (Lipinski definition) is 2. The van der Waals surface area contributed by atoms with Crippen LogP contribution in [-0.4, -0.2) is 17.5 Å². The fourth-order valence-corrected chi connectivity index (χ4v) is 1.63. The third-order valence-electron chi connectivity index (χ3n) is 2.06. The standard InChI is InChI=1S/C8H10O2/c1-8-3-2-7(10-8)4-6(9)5-8/h2-3,7H,4-5H2,1H3/t7-,8+/m1/s1. The number of fused-ring (bicyclic) bond motifs is 2. The number of hydrogen-bond donors (Lipinski definition) is 0. The van der Waals surface area contributed by atoms with Crippen molar-refractivity contribution < 1.29 is 9.53 Å². The van der Waals surface area contributed by atoms with E-state index in [0.29, 0.717) is 18.6 Å². The minimum absolute atomic E-state index is 0.0752. The van der Waals surface area contributed by atoms with Gasteiger partial charge in [0.25, 0.3) is 0 Å². The Morgan fingerprint density at radius 3 is 3.30 bits per heavy atom. The molecule has 0 N–H and O–H groups in total. The third-order valence-corrected chi connectivity index (χ3v) is 2.06. The van der Waals surface area contributed by atoms with Crippen LogP contribution in [-0.2, 0) is 9.53 Å². The first-order valence-electron chi connectivity index (χ1n) is 3.57. The molecule has 0 radical (unpaired) electrons. The molecule has 1 saturated heterocycles. The summed E-state index contributed by atoms with van der Waals surface area (Å²) in [6.07, 6.45) is 5.20. The van der Waals surface area contributed by atoms with Gasteiger partial charge in [-0.15, -0.1) is 0 Å². The highest BCUT2D eigenvalue weighted by Gasteiger charge is 2.38. The summed E-state index contributed by atoms with van der Waals surface area (Å²) in [7, 11) is 0. The maximum Gasteiger partial charge on any atom is 0.139 e. The monoisotopic (exact) mass is 138 g/mol. The molecule has 10 heavy (non-hydrogen) atoms. The van der Waals surface area contributed by atoms with E-state index in [0.717, 1.165) is 0 Å². The fraction of sp³-hybridized carbons (Fsp3) is 0.625. The number of carbonyl (C=O) groups excluding carboxylic acids is 1. The highest BCUT2D eigenvalue weighted by molar-refractivity contribution is 5.82. The number of carbonyl (C=O) groups is 1. The first-order chi connectivity index (χ1) is 4.68. The third kappa shape index (κ3) is 0.797. The molecule has 1 fully saturated rings. The molecule has 54 valence electrons. The second-order valence-corrected chi connectivity index (χ2v) is 3.25. The maximum atomic E-state index is 11.0. The largest absolute Gasteiger partial charge is 0.363 e. The van der Waals surface area contributed by atoms with E-state index in [2.05, 4.69) is 0 Å². The van der Waals surface area contributed by atoms with Crippen molar-refractivity contribution in [2.75, 3.05) is 0 Å². The zero-order chi connectivity index (χ0) is 7.19. The SMILES string of the molecule is C[C@]12C=C[C@H](CC(=O)C1)O2. The van der Waals surface area contributed by atoms with E-state index < -0.39 is 0 Å². The molecule has 0 saturated carbocycles. The van der Waals surface area contributed by atoms with E-state index in [9.17, 15) is 4.79 Å². The molecule has 2 atom stereocenters. The maximum absolute atomic E-state index is 11.0. The lowest BCUT2D eigenvalue weighted by Crippen LogP contribution is -2.35. The van der Waals surface area contributed by atoms with E-state index in [1.165, 1.54) is 0 Å². The first-order valence-corrected chi connectivity index (χ1v) is 3.57. The van der Waals surface area contributed by atoms with Gasteiger partial charge in [-0.3, -0.25) is 4.79 Å². The molecule has 2 bridgehead atoms. The molecule has 0 aliphatic carbocycles. The zero-order valence-corrected chi connectivity index (χ0v) is 5.96. The summed E-state index contributed by atoms with van der Waals surface area (Å²) in [4.78, 5) is 11.0. The van der Waals surface area contributed by atoms with Gasteiger partial charge >= 0.3 is 0 Å². The lowest BCUT2D eigenvalue weighted by atomic mass is 9.97. The Morgan fingerprint density at radius 2 is 2.60 bits per heavy atom. The van der Waals surface area contributed by atoms with Crippen LogP contribution in [0.3, 0.4) is 0 Å². The molecule has 0 aromatic heterocycles. The highest BCUT2D eigenvalue weighted by atomic mass is 16.5. The minimum atomic E-state index is -0.264. The van der Waals surface area contributed by atoms with E-state index in [-0.39, 0.29) is 11.7 Å². The summed E-state index contributed by atoms with van der Waals surface area (Å²) in [5, 5.41) is 0.